The molecule has 0 spiro atoms. The van der Waals surface area contributed by atoms with E-state index in [0.29, 0.717) is 10.9 Å². The molecule has 7 heteroatoms. The van der Waals surface area contributed by atoms with Gasteiger partial charge in [0.25, 0.3) is 11.8 Å². The van der Waals surface area contributed by atoms with Crippen molar-refractivity contribution in [3.05, 3.63) is 75.6 Å². The highest BCUT2D eigenvalue weighted by atomic mass is 16.7. The number of methoxy groups -OCH3 is 1. The Balaban J connectivity index is 2.34. The fourth-order valence-electron chi connectivity index (χ4n) is 3.36. The van der Waals surface area contributed by atoms with Crippen molar-refractivity contribution in [3.63, 3.8) is 0 Å². The van der Waals surface area contributed by atoms with Crippen LogP contribution in [0.4, 0.5) is 0 Å². The summed E-state index contributed by atoms with van der Waals surface area (Å²) in [5, 5.41) is 0.646. The molecule has 0 amide bonds. The van der Waals surface area contributed by atoms with Crippen LogP contribution in [-0.2, 0) is 25.6 Å². The fourth-order valence-corrected chi connectivity index (χ4v) is 3.36. The van der Waals surface area contributed by atoms with Crippen molar-refractivity contribution in [1.29, 1.82) is 0 Å². The van der Waals surface area contributed by atoms with Crippen LogP contribution in [0.1, 0.15) is 36.8 Å². The number of carbonyl (C=O) groups is 2. The van der Waals surface area contributed by atoms with Gasteiger partial charge in [-0.2, -0.15) is 0 Å². The molecule has 0 fully saturated rings. The molecule has 156 valence electrons. The molecular formula is C23H23NO6. The highest BCUT2D eigenvalue weighted by molar-refractivity contribution is 5.88. The summed E-state index contributed by atoms with van der Waals surface area (Å²) in [7, 11) is 1.42. The molecule has 0 aliphatic carbocycles. The Bertz CT molecular complexity index is 1130. The van der Waals surface area contributed by atoms with Crippen LogP contribution in [0, 0.1) is 6.92 Å². The largest absolute Gasteiger partial charge is 0.495 e. The van der Waals surface area contributed by atoms with E-state index in [0.717, 1.165) is 11.1 Å². The van der Waals surface area contributed by atoms with Gasteiger partial charge in [-0.25, -0.2) is 0 Å². The van der Waals surface area contributed by atoms with Crippen LogP contribution in [0.3, 0.4) is 0 Å². The number of carbonyl (C=O) groups excluding carboxylic acids is 2. The Hall–Kier alpha value is -3.61. The molecule has 3 aromatic rings. The molecule has 7 nitrogen and oxygen atoms in total. The van der Waals surface area contributed by atoms with E-state index in [4.69, 9.17) is 14.2 Å². The molecule has 0 saturated carbocycles. The van der Waals surface area contributed by atoms with Crippen LogP contribution in [0.5, 0.6) is 5.75 Å². The Morgan fingerprint density at radius 2 is 1.63 bits per heavy atom. The summed E-state index contributed by atoms with van der Waals surface area (Å²) >= 11 is 0. The van der Waals surface area contributed by atoms with Crippen LogP contribution in [0.25, 0.3) is 10.9 Å². The maximum Gasteiger partial charge on any atom is 0.305 e. The van der Waals surface area contributed by atoms with Crippen LogP contribution in [0.15, 0.2) is 53.3 Å². The van der Waals surface area contributed by atoms with Gasteiger partial charge in [0.15, 0.2) is 0 Å². The van der Waals surface area contributed by atoms with Gasteiger partial charge in [-0.15, -0.1) is 0 Å². The van der Waals surface area contributed by atoms with E-state index >= 15 is 0 Å². The summed E-state index contributed by atoms with van der Waals surface area (Å²) in [6, 6.07) is 15.1. The second-order valence-electron chi connectivity index (χ2n) is 6.90. The lowest BCUT2D eigenvalue weighted by Gasteiger charge is -2.22. The van der Waals surface area contributed by atoms with Gasteiger partial charge >= 0.3 is 11.9 Å². The molecule has 1 heterocycles. The Kier molecular flexibility index (Phi) is 6.20. The number of fused-ring (bicyclic) bond motifs is 1. The molecule has 0 bridgehead atoms. The summed E-state index contributed by atoms with van der Waals surface area (Å²) in [6.45, 7) is 4.55. The number of hydrogen-bond donors (Lipinski definition) is 0. The Morgan fingerprint density at radius 3 is 2.20 bits per heavy atom. The van der Waals surface area contributed by atoms with Crippen molar-refractivity contribution in [2.45, 2.75) is 33.6 Å². The maximum atomic E-state index is 13.6. The minimum absolute atomic E-state index is 0.0445. The number of rotatable bonds is 6. The van der Waals surface area contributed by atoms with Crippen molar-refractivity contribution in [3.8, 4) is 5.75 Å². The lowest BCUT2D eigenvalue weighted by Crippen LogP contribution is -2.30. The second kappa shape index (κ2) is 8.82. The third-order valence-corrected chi connectivity index (χ3v) is 4.58. The standard InChI is InChI=1S/C23H23NO6/c1-14-10-11-19-18(12-14)21(28-4)20(23(29-15(2)25)30-16(3)26)22(27)24(19)13-17-8-6-5-7-9-17/h5-12,23H,13H2,1-4H3. The number of esters is 2. The number of pyridine rings is 1. The number of benzene rings is 2. The molecule has 0 radical (unpaired) electrons. The topological polar surface area (TPSA) is 83.8 Å². The Labute approximate surface area is 173 Å². The van der Waals surface area contributed by atoms with Crippen LogP contribution in [-0.4, -0.2) is 23.6 Å². The van der Waals surface area contributed by atoms with E-state index in [-0.39, 0.29) is 17.9 Å². The zero-order valence-electron chi connectivity index (χ0n) is 17.3. The quantitative estimate of drug-likeness (QED) is 0.458. The summed E-state index contributed by atoms with van der Waals surface area (Å²) in [5.41, 5.74) is 2.00. The minimum atomic E-state index is -1.52. The van der Waals surface area contributed by atoms with Crippen molar-refractivity contribution in [1.82, 2.24) is 4.57 Å². The summed E-state index contributed by atoms with van der Waals surface area (Å²) in [4.78, 5) is 36.9. The first kappa shape index (κ1) is 21.1. The minimum Gasteiger partial charge on any atom is -0.495 e. The van der Waals surface area contributed by atoms with Gasteiger partial charge in [0, 0.05) is 19.2 Å². The van der Waals surface area contributed by atoms with E-state index in [9.17, 15) is 14.4 Å². The van der Waals surface area contributed by atoms with E-state index in [1.807, 2.05) is 55.5 Å². The van der Waals surface area contributed by atoms with Gasteiger partial charge < -0.3 is 18.8 Å². The van der Waals surface area contributed by atoms with Crippen LogP contribution in [0.2, 0.25) is 0 Å². The highest BCUT2D eigenvalue weighted by Crippen LogP contribution is 2.34. The molecule has 0 aliphatic heterocycles. The first-order valence-electron chi connectivity index (χ1n) is 9.41. The predicted molar refractivity (Wildman–Crippen MR) is 111 cm³/mol. The van der Waals surface area contributed by atoms with E-state index in [2.05, 4.69) is 0 Å². The van der Waals surface area contributed by atoms with E-state index in [1.165, 1.54) is 21.0 Å². The molecule has 30 heavy (non-hydrogen) atoms. The maximum absolute atomic E-state index is 13.6. The lowest BCUT2D eigenvalue weighted by molar-refractivity contribution is -0.187. The monoisotopic (exact) mass is 409 g/mol. The highest BCUT2D eigenvalue weighted by Gasteiger charge is 2.29. The molecule has 0 N–H and O–H groups in total. The van der Waals surface area contributed by atoms with Crippen LogP contribution >= 0.6 is 0 Å². The number of ether oxygens (including phenoxy) is 3. The van der Waals surface area contributed by atoms with Gasteiger partial charge in [0.1, 0.15) is 11.3 Å². The summed E-state index contributed by atoms with van der Waals surface area (Å²) in [5.74, 6) is -1.18. The summed E-state index contributed by atoms with van der Waals surface area (Å²) in [6.07, 6.45) is -1.52. The van der Waals surface area contributed by atoms with Gasteiger partial charge in [0.05, 0.1) is 19.2 Å². The fraction of sp³-hybridized carbons (Fsp3) is 0.261. The molecule has 2 aromatic carbocycles. The zero-order valence-corrected chi connectivity index (χ0v) is 17.3. The van der Waals surface area contributed by atoms with Crippen molar-refractivity contribution in [2.24, 2.45) is 0 Å². The zero-order chi connectivity index (χ0) is 21.8. The Morgan fingerprint density at radius 1 is 1.00 bits per heavy atom. The second-order valence-corrected chi connectivity index (χ2v) is 6.90. The molecule has 1 aromatic heterocycles. The normalized spacial score (nSPS) is 10.8. The average molecular weight is 409 g/mol. The third kappa shape index (κ3) is 4.35. The third-order valence-electron chi connectivity index (χ3n) is 4.58. The van der Waals surface area contributed by atoms with Gasteiger partial charge in [-0.1, -0.05) is 42.0 Å². The lowest BCUT2D eigenvalue weighted by atomic mass is 10.1. The predicted octanol–water partition coefficient (Wildman–Crippen LogP) is 3.49. The molecule has 0 unspecified atom stereocenters. The number of nitrogens with zero attached hydrogens (tertiary/aromatic N) is 1. The first-order chi connectivity index (χ1) is 14.3. The first-order valence-corrected chi connectivity index (χ1v) is 9.41. The van der Waals surface area contributed by atoms with Gasteiger partial charge in [-0.05, 0) is 24.6 Å². The molecular weight excluding hydrogens is 386 g/mol. The molecule has 3 rings (SSSR count). The summed E-state index contributed by atoms with van der Waals surface area (Å²) < 4.78 is 17.5. The molecule has 0 atom stereocenters. The van der Waals surface area contributed by atoms with Crippen LogP contribution < -0.4 is 10.3 Å². The van der Waals surface area contributed by atoms with E-state index in [1.54, 1.807) is 4.57 Å². The van der Waals surface area contributed by atoms with Gasteiger partial charge in [0.2, 0.25) is 0 Å². The number of hydrogen-bond acceptors (Lipinski definition) is 6. The number of aromatic nitrogens is 1. The van der Waals surface area contributed by atoms with Gasteiger partial charge in [-0.3, -0.25) is 14.4 Å². The van der Waals surface area contributed by atoms with Crippen molar-refractivity contribution < 1.29 is 23.8 Å². The smallest absolute Gasteiger partial charge is 0.305 e. The van der Waals surface area contributed by atoms with Crippen molar-refractivity contribution >= 4 is 22.8 Å². The SMILES string of the molecule is COc1c(C(OC(C)=O)OC(C)=O)c(=O)n(Cc2ccccc2)c2ccc(C)cc12. The molecule has 0 saturated heterocycles. The van der Waals surface area contributed by atoms with E-state index < -0.39 is 23.8 Å². The molecule has 0 aliphatic rings. The van der Waals surface area contributed by atoms with Crippen molar-refractivity contribution in [2.75, 3.05) is 7.11 Å². The average Bonchev–Trinajstić information content (AvgIpc) is 2.69. The number of aryl methyl sites for hydroxylation is 1.